The quantitative estimate of drug-likeness (QED) is 0.757. The summed E-state index contributed by atoms with van der Waals surface area (Å²) in [7, 11) is 0. The molecule has 2 aromatic rings. The number of carbonyl (C=O) groups excluding carboxylic acids is 1. The molecule has 1 aliphatic carbocycles. The molecule has 1 saturated carbocycles. The van der Waals surface area contributed by atoms with Crippen molar-refractivity contribution in [1.82, 2.24) is 9.88 Å². The molecule has 30 heavy (non-hydrogen) atoms. The number of rotatable bonds is 5. The van der Waals surface area contributed by atoms with Gasteiger partial charge in [-0.3, -0.25) is 14.8 Å². The van der Waals surface area contributed by atoms with Crippen LogP contribution < -0.4 is 4.74 Å². The molecule has 5 nitrogen and oxygen atoms in total. The number of aromatic nitrogens is 1. The third-order valence-electron chi connectivity index (χ3n) is 6.75. The zero-order valence-corrected chi connectivity index (χ0v) is 17.4. The van der Waals surface area contributed by atoms with Gasteiger partial charge in [0.25, 0.3) is 0 Å². The van der Waals surface area contributed by atoms with Crippen molar-refractivity contribution in [3.05, 3.63) is 59.9 Å². The van der Waals surface area contributed by atoms with E-state index in [1.54, 1.807) is 6.20 Å². The van der Waals surface area contributed by atoms with E-state index in [9.17, 15) is 4.79 Å². The summed E-state index contributed by atoms with van der Waals surface area (Å²) in [6, 6.07) is 14.9. The number of Topliss-reactive ketones (excluding diaryl/α,β-unsaturated/α-hetero) is 1. The first-order chi connectivity index (χ1) is 14.8. The topological polar surface area (TPSA) is 54.8 Å². The molecule has 1 aromatic carbocycles. The van der Waals surface area contributed by atoms with E-state index in [-0.39, 0.29) is 18.2 Å². The van der Waals surface area contributed by atoms with E-state index in [1.165, 1.54) is 19.3 Å². The van der Waals surface area contributed by atoms with Crippen molar-refractivity contribution in [2.24, 2.45) is 4.99 Å². The highest BCUT2D eigenvalue weighted by atomic mass is 16.5. The van der Waals surface area contributed by atoms with Crippen molar-refractivity contribution >= 4 is 11.5 Å². The van der Waals surface area contributed by atoms with Gasteiger partial charge < -0.3 is 9.64 Å². The first-order valence-corrected chi connectivity index (χ1v) is 11.2. The Morgan fingerprint density at radius 1 is 0.967 bits per heavy atom. The lowest BCUT2D eigenvalue weighted by atomic mass is 9.86. The Morgan fingerprint density at radius 2 is 1.77 bits per heavy atom. The van der Waals surface area contributed by atoms with Gasteiger partial charge in [0.05, 0.1) is 18.2 Å². The molecule has 1 saturated heterocycles. The number of hydrogen-bond acceptors (Lipinski definition) is 5. The minimum absolute atomic E-state index is 0.0740. The average Bonchev–Trinajstić information content (AvgIpc) is 2.75. The number of hydrogen-bond donors (Lipinski definition) is 0. The first-order valence-electron chi connectivity index (χ1n) is 11.2. The Labute approximate surface area is 178 Å². The van der Waals surface area contributed by atoms with E-state index in [4.69, 9.17) is 4.74 Å². The van der Waals surface area contributed by atoms with Crippen LogP contribution in [0, 0.1) is 0 Å². The molecule has 3 aliphatic rings. The summed E-state index contributed by atoms with van der Waals surface area (Å²) in [6.07, 6.45) is 8.91. The highest BCUT2D eigenvalue weighted by Gasteiger charge is 2.30. The van der Waals surface area contributed by atoms with Gasteiger partial charge in [0.2, 0.25) is 0 Å². The molecule has 1 atom stereocenters. The van der Waals surface area contributed by atoms with E-state index in [2.05, 4.69) is 27.0 Å². The molecule has 1 aromatic heterocycles. The molecule has 2 aliphatic heterocycles. The lowest BCUT2D eigenvalue weighted by Gasteiger charge is -2.41. The zero-order valence-electron chi connectivity index (χ0n) is 17.4. The third-order valence-corrected chi connectivity index (χ3v) is 6.75. The SMILES string of the molecule is O=C1CN=C(c2ccc(OC3CCN(C4CCC4)CC3)cc2)C(c2ccccn2)C1. The molecule has 0 bridgehead atoms. The fourth-order valence-corrected chi connectivity index (χ4v) is 4.80. The van der Waals surface area contributed by atoms with E-state index in [0.717, 1.165) is 54.7 Å². The predicted octanol–water partition coefficient (Wildman–Crippen LogP) is 4.02. The van der Waals surface area contributed by atoms with Gasteiger partial charge in [-0.25, -0.2) is 0 Å². The van der Waals surface area contributed by atoms with Crippen molar-refractivity contribution < 1.29 is 9.53 Å². The van der Waals surface area contributed by atoms with Gasteiger partial charge in [-0.05, 0) is 67.6 Å². The molecular weight excluding hydrogens is 374 g/mol. The van der Waals surface area contributed by atoms with Crippen molar-refractivity contribution in [2.45, 2.75) is 56.6 Å². The monoisotopic (exact) mass is 403 g/mol. The van der Waals surface area contributed by atoms with Crippen molar-refractivity contribution in [3.8, 4) is 5.75 Å². The molecule has 0 N–H and O–H groups in total. The van der Waals surface area contributed by atoms with E-state index >= 15 is 0 Å². The minimum Gasteiger partial charge on any atom is -0.490 e. The van der Waals surface area contributed by atoms with Crippen molar-refractivity contribution in [1.29, 1.82) is 0 Å². The largest absolute Gasteiger partial charge is 0.490 e. The highest BCUT2D eigenvalue weighted by molar-refractivity contribution is 6.09. The van der Waals surface area contributed by atoms with Crippen molar-refractivity contribution in [3.63, 3.8) is 0 Å². The molecule has 5 heteroatoms. The Hall–Kier alpha value is -2.53. The number of aliphatic imine (C=N–C) groups is 1. The van der Waals surface area contributed by atoms with Gasteiger partial charge in [-0.1, -0.05) is 12.5 Å². The van der Waals surface area contributed by atoms with Gasteiger partial charge in [-0.2, -0.15) is 0 Å². The van der Waals surface area contributed by atoms with E-state index < -0.39 is 0 Å². The fourth-order valence-electron chi connectivity index (χ4n) is 4.80. The van der Waals surface area contributed by atoms with Gasteiger partial charge in [0.1, 0.15) is 11.9 Å². The number of ether oxygens (including phenoxy) is 1. The van der Waals surface area contributed by atoms with E-state index in [1.807, 2.05) is 30.3 Å². The molecule has 0 spiro atoms. The number of benzene rings is 1. The number of pyridine rings is 1. The van der Waals surface area contributed by atoms with Crippen LogP contribution in [0.15, 0.2) is 53.7 Å². The number of nitrogens with zero attached hydrogens (tertiary/aromatic N) is 3. The lowest BCUT2D eigenvalue weighted by molar-refractivity contribution is -0.118. The molecule has 2 fully saturated rings. The molecule has 0 amide bonds. The molecule has 156 valence electrons. The second kappa shape index (κ2) is 8.68. The third kappa shape index (κ3) is 4.17. The van der Waals surface area contributed by atoms with Crippen LogP contribution in [0.1, 0.15) is 55.7 Å². The maximum Gasteiger partial charge on any atom is 0.155 e. The summed E-state index contributed by atoms with van der Waals surface area (Å²) in [5.74, 6) is 1.01. The summed E-state index contributed by atoms with van der Waals surface area (Å²) in [5.41, 5.74) is 2.90. The maximum absolute atomic E-state index is 12.0. The summed E-state index contributed by atoms with van der Waals surface area (Å²) >= 11 is 0. The van der Waals surface area contributed by atoms with E-state index in [0.29, 0.717) is 12.5 Å². The van der Waals surface area contributed by atoms with Crippen LogP contribution in [0.25, 0.3) is 0 Å². The fraction of sp³-hybridized carbons (Fsp3) is 0.480. The van der Waals surface area contributed by atoms with Crippen LogP contribution in [-0.4, -0.2) is 53.2 Å². The smallest absolute Gasteiger partial charge is 0.155 e. The Morgan fingerprint density at radius 3 is 2.43 bits per heavy atom. The second-order valence-corrected chi connectivity index (χ2v) is 8.71. The van der Waals surface area contributed by atoms with Crippen LogP contribution in [-0.2, 0) is 4.79 Å². The van der Waals surface area contributed by atoms with Crippen LogP contribution in [0.4, 0.5) is 0 Å². The molecule has 3 heterocycles. The minimum atomic E-state index is -0.0740. The summed E-state index contributed by atoms with van der Waals surface area (Å²) in [5, 5.41) is 0. The normalized spacial score (nSPS) is 23.7. The Bertz CT molecular complexity index is 898. The first kappa shape index (κ1) is 19.4. The lowest BCUT2D eigenvalue weighted by Crippen LogP contribution is -2.46. The number of ketones is 1. The molecule has 5 rings (SSSR count). The van der Waals surface area contributed by atoms with Gasteiger partial charge in [-0.15, -0.1) is 0 Å². The second-order valence-electron chi connectivity index (χ2n) is 8.71. The molecule has 0 radical (unpaired) electrons. The Kier molecular flexibility index (Phi) is 5.63. The summed E-state index contributed by atoms with van der Waals surface area (Å²) < 4.78 is 6.27. The number of carbonyl (C=O) groups is 1. The molecule has 1 unspecified atom stereocenters. The van der Waals surface area contributed by atoms with Crippen molar-refractivity contribution in [2.75, 3.05) is 19.6 Å². The standard InChI is InChI=1S/C25H29N3O2/c29-20-16-23(24-6-1-2-13-26-24)25(27-17-20)18-7-9-21(10-8-18)30-22-11-14-28(15-12-22)19-4-3-5-19/h1-2,6-10,13,19,22-23H,3-5,11-12,14-17H2. The maximum atomic E-state index is 12.0. The Balaban J connectivity index is 1.24. The van der Waals surface area contributed by atoms with Gasteiger partial charge in [0, 0.05) is 37.4 Å². The summed E-state index contributed by atoms with van der Waals surface area (Å²) in [6.45, 7) is 2.57. The van der Waals surface area contributed by atoms with Crippen LogP contribution in [0.3, 0.4) is 0 Å². The zero-order chi connectivity index (χ0) is 20.3. The summed E-state index contributed by atoms with van der Waals surface area (Å²) in [4.78, 5) is 23.8. The van der Waals surface area contributed by atoms with Crippen LogP contribution >= 0.6 is 0 Å². The highest BCUT2D eigenvalue weighted by Crippen LogP contribution is 2.30. The van der Waals surface area contributed by atoms with Gasteiger partial charge >= 0.3 is 0 Å². The number of likely N-dealkylation sites (tertiary alicyclic amines) is 1. The predicted molar refractivity (Wildman–Crippen MR) is 117 cm³/mol. The molecular formula is C25H29N3O2. The van der Waals surface area contributed by atoms with Crippen LogP contribution in [0.2, 0.25) is 0 Å². The van der Waals surface area contributed by atoms with Crippen LogP contribution in [0.5, 0.6) is 5.75 Å². The van der Waals surface area contributed by atoms with Gasteiger partial charge in [0.15, 0.2) is 5.78 Å². The average molecular weight is 404 g/mol. The number of piperidine rings is 1.